The van der Waals surface area contributed by atoms with Gasteiger partial charge in [-0.1, -0.05) is 93.7 Å². The maximum atomic E-state index is 2.83. The Balaban J connectivity index is 1.12. The van der Waals surface area contributed by atoms with E-state index in [1.807, 2.05) is 22.7 Å². The van der Waals surface area contributed by atoms with Gasteiger partial charge in [-0.05, 0) is 105 Å². The van der Waals surface area contributed by atoms with Crippen LogP contribution in [0.1, 0.15) is 50.3 Å². The van der Waals surface area contributed by atoms with Crippen molar-refractivity contribution in [1.29, 1.82) is 0 Å². The van der Waals surface area contributed by atoms with Crippen molar-refractivity contribution in [2.45, 2.75) is 68.3 Å². The van der Waals surface area contributed by atoms with E-state index in [9.17, 15) is 0 Å². The number of benzene rings is 3. The highest BCUT2D eigenvalue weighted by Gasteiger charge is 2.61. The number of rotatable bonds is 5. The van der Waals surface area contributed by atoms with Crippen molar-refractivity contribution >= 4 is 90.5 Å². The summed E-state index contributed by atoms with van der Waals surface area (Å²) in [5, 5.41) is 9.30. The molecule has 2 aliphatic carbocycles. The second-order valence-electron chi connectivity index (χ2n) is 15.0. The predicted molar refractivity (Wildman–Crippen MR) is 212 cm³/mol. The zero-order chi connectivity index (χ0) is 31.3. The highest BCUT2D eigenvalue weighted by atomic mass is 32.2. The van der Waals surface area contributed by atoms with Crippen molar-refractivity contribution < 1.29 is 0 Å². The van der Waals surface area contributed by atoms with E-state index < -0.39 is 8.07 Å². The zero-order valence-electron chi connectivity index (χ0n) is 27.3. The van der Waals surface area contributed by atoms with Gasteiger partial charge in [-0.25, -0.2) is 0 Å². The molecule has 0 amide bonds. The highest BCUT2D eigenvalue weighted by molar-refractivity contribution is 8.09. The Morgan fingerprint density at radius 1 is 0.609 bits per heavy atom. The Bertz CT molecular complexity index is 2030. The van der Waals surface area contributed by atoms with Crippen LogP contribution in [0.3, 0.4) is 0 Å². The van der Waals surface area contributed by atoms with Crippen molar-refractivity contribution in [3.05, 3.63) is 111 Å². The summed E-state index contributed by atoms with van der Waals surface area (Å²) in [6.45, 7) is 13.3. The van der Waals surface area contributed by atoms with Gasteiger partial charge in [-0.2, -0.15) is 0 Å². The summed E-state index contributed by atoms with van der Waals surface area (Å²) >= 11 is 8.42. The average Bonchev–Trinajstić information content (AvgIpc) is 3.88. The summed E-state index contributed by atoms with van der Waals surface area (Å²) in [6.07, 6.45) is 2.69. The summed E-state index contributed by atoms with van der Waals surface area (Å²) in [6, 6.07) is 29.6. The van der Waals surface area contributed by atoms with Gasteiger partial charge in [0.05, 0.1) is 8.07 Å². The molecule has 2 fully saturated rings. The van der Waals surface area contributed by atoms with Gasteiger partial charge in [0.25, 0.3) is 0 Å². The lowest BCUT2D eigenvalue weighted by molar-refractivity contribution is 0.546. The molecule has 0 spiro atoms. The minimum Gasteiger partial charge on any atom is -0.143 e. The fraction of sp³-hybridized carbons (Fsp3) is 0.366. The van der Waals surface area contributed by atoms with Crippen LogP contribution in [0.25, 0.3) is 36.2 Å². The van der Waals surface area contributed by atoms with E-state index in [0.29, 0.717) is 17.1 Å². The van der Waals surface area contributed by atoms with Crippen LogP contribution in [0.5, 0.6) is 0 Å². The highest BCUT2D eigenvalue weighted by Crippen LogP contribution is 2.70. The van der Waals surface area contributed by atoms with E-state index in [4.69, 9.17) is 0 Å². The van der Waals surface area contributed by atoms with E-state index in [0.717, 1.165) is 28.2 Å². The molecule has 234 valence electrons. The minimum atomic E-state index is -1.72. The topological polar surface area (TPSA) is 0 Å². The molecule has 46 heavy (non-hydrogen) atoms. The Hall–Kier alpha value is -2.02. The van der Waals surface area contributed by atoms with Gasteiger partial charge in [-0.15, -0.1) is 46.2 Å². The van der Waals surface area contributed by atoms with Gasteiger partial charge in [0, 0.05) is 41.1 Å². The first-order valence-electron chi connectivity index (χ1n) is 17.1. The average molecular weight is 691 g/mol. The molecule has 3 aromatic carbocycles. The van der Waals surface area contributed by atoms with Crippen LogP contribution in [0, 0.1) is 23.7 Å². The standard InChI is InChI=1S/C41H42S4Si/c1-23-19-29-35(26-13-7-6-8-14-26)25(3)44-38(29)40(23)46(4,5)41-24(2)20-30-36(31-21-42-33-17-11-9-15-27(31)33)37(45-39(30)41)32-22-43-34-18-12-10-16-28(32)34/h6-18,21-24,29-30,38-41H,19-20H2,1-5H3. The number of hydrogen-bond donors (Lipinski definition) is 0. The monoisotopic (exact) mass is 690 g/mol. The van der Waals surface area contributed by atoms with Gasteiger partial charge in [0.2, 0.25) is 0 Å². The molecule has 8 atom stereocenters. The molecule has 2 saturated carbocycles. The van der Waals surface area contributed by atoms with Crippen LogP contribution in [0.2, 0.25) is 24.2 Å². The summed E-state index contributed by atoms with van der Waals surface area (Å²) in [7, 11) is -1.72. The minimum absolute atomic E-state index is 0.631. The molecule has 0 N–H and O–H groups in total. The Labute approximate surface area is 291 Å². The third kappa shape index (κ3) is 4.44. The van der Waals surface area contributed by atoms with E-state index in [1.54, 1.807) is 21.0 Å². The van der Waals surface area contributed by atoms with Gasteiger partial charge >= 0.3 is 0 Å². The first-order chi connectivity index (χ1) is 22.3. The number of thioether (sulfide) groups is 2. The van der Waals surface area contributed by atoms with Gasteiger partial charge in [0.15, 0.2) is 0 Å². The molecule has 2 aromatic heterocycles. The van der Waals surface area contributed by atoms with E-state index >= 15 is 0 Å². The Kier molecular flexibility index (Phi) is 7.37. The number of hydrogen-bond acceptors (Lipinski definition) is 4. The summed E-state index contributed by atoms with van der Waals surface area (Å²) in [5.74, 6) is 2.90. The van der Waals surface area contributed by atoms with Gasteiger partial charge < -0.3 is 0 Å². The molecule has 5 aromatic rings. The van der Waals surface area contributed by atoms with Crippen LogP contribution in [-0.4, -0.2) is 18.6 Å². The van der Waals surface area contributed by atoms with Crippen LogP contribution >= 0.6 is 46.2 Å². The van der Waals surface area contributed by atoms with Crippen molar-refractivity contribution in [1.82, 2.24) is 0 Å². The molecule has 0 nitrogen and oxygen atoms in total. The molecule has 2 aliphatic heterocycles. The fourth-order valence-electron chi connectivity index (χ4n) is 10.7. The Morgan fingerprint density at radius 2 is 1.13 bits per heavy atom. The second kappa shape index (κ2) is 11.3. The molecule has 4 aliphatic rings. The first kappa shape index (κ1) is 30.1. The van der Waals surface area contributed by atoms with E-state index in [-0.39, 0.29) is 0 Å². The van der Waals surface area contributed by atoms with Gasteiger partial charge in [0.1, 0.15) is 0 Å². The SMILES string of the molecule is CC1=C(c2ccccc2)C2CC(C)C([Si](C)(C)C3C(C)CC4C(c5csc6ccccc56)=C(c5csc6ccccc56)SC43)C2S1. The molecule has 0 bridgehead atoms. The molecule has 4 heterocycles. The quantitative estimate of drug-likeness (QED) is 0.168. The molecular formula is C41H42S4Si. The second-order valence-corrected chi connectivity index (χ2v) is 24.4. The maximum Gasteiger partial charge on any atom is 0.0564 e. The van der Waals surface area contributed by atoms with E-state index in [2.05, 4.69) is 147 Å². The molecule has 0 radical (unpaired) electrons. The molecule has 9 rings (SSSR count). The lowest BCUT2D eigenvalue weighted by atomic mass is 9.88. The molecule has 0 saturated heterocycles. The number of allylic oxidation sites excluding steroid dienone is 3. The van der Waals surface area contributed by atoms with Crippen molar-refractivity contribution in [3.8, 4) is 0 Å². The van der Waals surface area contributed by atoms with Crippen molar-refractivity contribution in [2.24, 2.45) is 23.7 Å². The van der Waals surface area contributed by atoms with Crippen LogP contribution in [0.4, 0.5) is 0 Å². The molecule has 5 heteroatoms. The summed E-state index contributed by atoms with van der Waals surface area (Å²) in [5.41, 5.74) is 9.49. The normalized spacial score (nSPS) is 31.1. The Morgan fingerprint density at radius 3 is 1.78 bits per heavy atom. The maximum absolute atomic E-state index is 2.83. The lowest BCUT2D eigenvalue weighted by Gasteiger charge is -2.44. The largest absolute Gasteiger partial charge is 0.143 e. The van der Waals surface area contributed by atoms with Crippen molar-refractivity contribution in [2.75, 3.05) is 0 Å². The third-order valence-corrected chi connectivity index (χ3v) is 23.0. The molecular weight excluding hydrogens is 649 g/mol. The predicted octanol–water partition coefficient (Wildman–Crippen LogP) is 13.4. The lowest BCUT2D eigenvalue weighted by Crippen LogP contribution is -2.47. The summed E-state index contributed by atoms with van der Waals surface area (Å²) < 4.78 is 2.84. The van der Waals surface area contributed by atoms with Crippen LogP contribution in [0.15, 0.2) is 94.5 Å². The van der Waals surface area contributed by atoms with E-state index in [1.165, 1.54) is 49.7 Å². The smallest absolute Gasteiger partial charge is 0.0564 e. The summed E-state index contributed by atoms with van der Waals surface area (Å²) in [4.78, 5) is 3.18. The fourth-order valence-corrected chi connectivity index (χ4v) is 24.4. The van der Waals surface area contributed by atoms with Crippen LogP contribution < -0.4 is 0 Å². The van der Waals surface area contributed by atoms with Crippen LogP contribution in [-0.2, 0) is 0 Å². The molecule has 8 unspecified atom stereocenters. The zero-order valence-corrected chi connectivity index (χ0v) is 31.6. The number of thiophene rings is 2. The van der Waals surface area contributed by atoms with Crippen molar-refractivity contribution in [3.63, 3.8) is 0 Å². The third-order valence-electron chi connectivity index (χ3n) is 12.2. The first-order valence-corrected chi connectivity index (χ1v) is 23.8. The number of fused-ring (bicyclic) bond motifs is 4. The van der Waals surface area contributed by atoms with Gasteiger partial charge in [-0.3, -0.25) is 0 Å².